The Labute approximate surface area is 102 Å². The average molecular weight is 250 g/mol. The van der Waals surface area contributed by atoms with Crippen molar-refractivity contribution in [3.63, 3.8) is 0 Å². The molecule has 0 atom stereocenters. The predicted molar refractivity (Wildman–Crippen MR) is 63.8 cm³/mol. The first-order chi connectivity index (χ1) is 8.06. The highest BCUT2D eigenvalue weighted by molar-refractivity contribution is 6.30. The molecule has 0 aliphatic heterocycles. The van der Waals surface area contributed by atoms with Crippen LogP contribution in [0.4, 0.5) is 5.95 Å². The lowest BCUT2D eigenvalue weighted by Crippen LogP contribution is -2.06. The summed E-state index contributed by atoms with van der Waals surface area (Å²) in [5.74, 6) is -1.23. The van der Waals surface area contributed by atoms with Gasteiger partial charge in [-0.05, 0) is 18.2 Å². The van der Waals surface area contributed by atoms with Gasteiger partial charge in [0.15, 0.2) is 5.69 Å². The average Bonchev–Trinajstić information content (AvgIpc) is 2.28. The van der Waals surface area contributed by atoms with Gasteiger partial charge >= 0.3 is 5.97 Å². The zero-order chi connectivity index (χ0) is 12.4. The Hall–Kier alpha value is -2.14. The number of anilines is 1. The van der Waals surface area contributed by atoms with Gasteiger partial charge in [-0.2, -0.15) is 0 Å². The van der Waals surface area contributed by atoms with Crippen LogP contribution in [0.2, 0.25) is 5.02 Å². The third kappa shape index (κ3) is 2.51. The van der Waals surface area contributed by atoms with Crippen LogP contribution < -0.4 is 5.73 Å². The van der Waals surface area contributed by atoms with Crippen molar-refractivity contribution in [1.29, 1.82) is 0 Å². The summed E-state index contributed by atoms with van der Waals surface area (Å²) in [6.07, 6.45) is 0. The maximum atomic E-state index is 10.8. The molecular formula is C11H8ClN3O2. The number of nitrogens with two attached hydrogens (primary N) is 1. The number of hydrogen-bond donors (Lipinski definition) is 2. The van der Waals surface area contributed by atoms with Gasteiger partial charge in [-0.3, -0.25) is 0 Å². The number of hydrogen-bond acceptors (Lipinski definition) is 4. The second-order valence-corrected chi connectivity index (χ2v) is 3.75. The minimum atomic E-state index is -1.15. The molecule has 2 rings (SSSR count). The second-order valence-electron chi connectivity index (χ2n) is 3.31. The summed E-state index contributed by atoms with van der Waals surface area (Å²) in [7, 11) is 0. The molecule has 0 fully saturated rings. The molecule has 1 aromatic heterocycles. The number of nitrogen functional groups attached to an aromatic ring is 1. The zero-order valence-corrected chi connectivity index (χ0v) is 9.35. The predicted octanol–water partition coefficient (Wildman–Crippen LogP) is 2.08. The third-order valence-corrected chi connectivity index (χ3v) is 2.32. The van der Waals surface area contributed by atoms with Gasteiger partial charge in [-0.15, -0.1) is 0 Å². The number of aromatic nitrogens is 2. The number of carbonyl (C=O) groups is 1. The normalized spacial score (nSPS) is 10.2. The molecule has 0 spiro atoms. The Morgan fingerprint density at radius 1 is 1.29 bits per heavy atom. The molecule has 0 radical (unpaired) electrons. The molecule has 0 amide bonds. The van der Waals surface area contributed by atoms with Crippen molar-refractivity contribution in [2.45, 2.75) is 0 Å². The molecule has 0 aliphatic carbocycles. The summed E-state index contributed by atoms with van der Waals surface area (Å²) in [5, 5.41) is 9.40. The van der Waals surface area contributed by atoms with Crippen molar-refractivity contribution in [3.8, 4) is 11.3 Å². The minimum absolute atomic E-state index is 0.0834. The quantitative estimate of drug-likeness (QED) is 0.851. The maximum Gasteiger partial charge on any atom is 0.354 e. The summed E-state index contributed by atoms with van der Waals surface area (Å²) >= 11 is 5.85. The number of carboxylic acids is 1. The van der Waals surface area contributed by atoms with E-state index in [1.165, 1.54) is 6.07 Å². The lowest BCUT2D eigenvalue weighted by Gasteiger charge is -2.03. The molecule has 3 N–H and O–H groups in total. The molecule has 17 heavy (non-hydrogen) atoms. The summed E-state index contributed by atoms with van der Waals surface area (Å²) in [6, 6.07) is 8.25. The lowest BCUT2D eigenvalue weighted by atomic mass is 10.1. The Balaban J connectivity index is 2.56. The smallest absolute Gasteiger partial charge is 0.354 e. The van der Waals surface area contributed by atoms with Gasteiger partial charge in [-0.25, -0.2) is 14.8 Å². The van der Waals surface area contributed by atoms with Gasteiger partial charge in [-0.1, -0.05) is 23.7 Å². The number of rotatable bonds is 2. The molecule has 0 saturated heterocycles. The molecule has 86 valence electrons. The maximum absolute atomic E-state index is 10.8. The highest BCUT2D eigenvalue weighted by atomic mass is 35.5. The molecule has 0 aliphatic rings. The van der Waals surface area contributed by atoms with Crippen molar-refractivity contribution in [2.75, 3.05) is 5.73 Å². The molecule has 6 heteroatoms. The van der Waals surface area contributed by atoms with Crippen LogP contribution in [0.1, 0.15) is 10.5 Å². The molecule has 5 nitrogen and oxygen atoms in total. The van der Waals surface area contributed by atoms with Crippen LogP contribution in [0.5, 0.6) is 0 Å². The van der Waals surface area contributed by atoms with Crippen molar-refractivity contribution in [3.05, 3.63) is 41.0 Å². The van der Waals surface area contributed by atoms with E-state index in [1.54, 1.807) is 24.3 Å². The highest BCUT2D eigenvalue weighted by Crippen LogP contribution is 2.22. The van der Waals surface area contributed by atoms with E-state index in [4.69, 9.17) is 22.4 Å². The van der Waals surface area contributed by atoms with Crippen LogP contribution in [0.3, 0.4) is 0 Å². The first-order valence-electron chi connectivity index (χ1n) is 4.70. The van der Waals surface area contributed by atoms with Crippen LogP contribution >= 0.6 is 11.6 Å². The first kappa shape index (κ1) is 11.3. The summed E-state index contributed by atoms with van der Waals surface area (Å²) in [6.45, 7) is 0. The van der Waals surface area contributed by atoms with E-state index in [2.05, 4.69) is 9.97 Å². The lowest BCUT2D eigenvalue weighted by molar-refractivity contribution is 0.0690. The monoisotopic (exact) mass is 249 g/mol. The zero-order valence-electron chi connectivity index (χ0n) is 8.59. The summed E-state index contributed by atoms with van der Waals surface area (Å²) < 4.78 is 0. The Bertz CT molecular complexity index is 587. The van der Waals surface area contributed by atoms with E-state index in [0.29, 0.717) is 16.3 Å². The van der Waals surface area contributed by atoms with Gasteiger partial charge in [0.05, 0.1) is 5.69 Å². The number of halogens is 1. The van der Waals surface area contributed by atoms with Gasteiger partial charge in [0.25, 0.3) is 0 Å². The third-order valence-electron chi connectivity index (χ3n) is 2.08. The van der Waals surface area contributed by atoms with Gasteiger partial charge in [0, 0.05) is 10.6 Å². The molecule has 2 aromatic rings. The highest BCUT2D eigenvalue weighted by Gasteiger charge is 2.10. The van der Waals surface area contributed by atoms with Crippen molar-refractivity contribution >= 4 is 23.5 Å². The first-order valence-corrected chi connectivity index (χ1v) is 5.08. The van der Waals surface area contributed by atoms with E-state index in [1.807, 2.05) is 0 Å². The second kappa shape index (κ2) is 4.39. The van der Waals surface area contributed by atoms with E-state index in [-0.39, 0.29) is 11.6 Å². The van der Waals surface area contributed by atoms with E-state index in [0.717, 1.165) is 0 Å². The molecule has 1 aromatic carbocycles. The fourth-order valence-corrected chi connectivity index (χ4v) is 1.56. The van der Waals surface area contributed by atoms with Crippen LogP contribution in [0.15, 0.2) is 30.3 Å². The fraction of sp³-hybridized carbons (Fsp3) is 0. The van der Waals surface area contributed by atoms with E-state index >= 15 is 0 Å². The molecule has 0 bridgehead atoms. The molecule has 0 saturated carbocycles. The SMILES string of the molecule is Nc1nc(C(=O)O)cc(-c2cccc(Cl)c2)n1. The minimum Gasteiger partial charge on any atom is -0.477 e. The van der Waals surface area contributed by atoms with E-state index in [9.17, 15) is 4.79 Å². The van der Waals surface area contributed by atoms with Gasteiger partial charge in [0.1, 0.15) is 0 Å². The number of aromatic carboxylic acids is 1. The van der Waals surface area contributed by atoms with Crippen molar-refractivity contribution in [2.24, 2.45) is 0 Å². The van der Waals surface area contributed by atoms with Crippen LogP contribution in [-0.4, -0.2) is 21.0 Å². The van der Waals surface area contributed by atoms with Crippen molar-refractivity contribution in [1.82, 2.24) is 9.97 Å². The fourth-order valence-electron chi connectivity index (χ4n) is 1.37. The van der Waals surface area contributed by atoms with Crippen molar-refractivity contribution < 1.29 is 9.90 Å². The van der Waals surface area contributed by atoms with Gasteiger partial charge < -0.3 is 10.8 Å². The Morgan fingerprint density at radius 2 is 2.06 bits per heavy atom. The Morgan fingerprint density at radius 3 is 2.71 bits per heavy atom. The largest absolute Gasteiger partial charge is 0.477 e. The Kier molecular flexibility index (Phi) is 2.93. The van der Waals surface area contributed by atoms with Gasteiger partial charge in [0.2, 0.25) is 5.95 Å². The molecular weight excluding hydrogens is 242 g/mol. The van der Waals surface area contributed by atoms with Crippen LogP contribution in [0, 0.1) is 0 Å². The number of nitrogens with zero attached hydrogens (tertiary/aromatic N) is 2. The van der Waals surface area contributed by atoms with Crippen LogP contribution in [0.25, 0.3) is 11.3 Å². The van der Waals surface area contributed by atoms with E-state index < -0.39 is 5.97 Å². The summed E-state index contributed by atoms with van der Waals surface area (Å²) in [4.78, 5) is 18.4. The topological polar surface area (TPSA) is 89.1 Å². The number of benzene rings is 1. The molecule has 1 heterocycles. The van der Waals surface area contributed by atoms with Crippen LogP contribution in [-0.2, 0) is 0 Å². The number of carboxylic acid groups (broad SMARTS) is 1. The summed E-state index contributed by atoms with van der Waals surface area (Å²) in [5.41, 5.74) is 6.43. The molecule has 0 unspecified atom stereocenters. The standard InChI is InChI=1S/C11H8ClN3O2/c12-7-3-1-2-6(4-7)8-5-9(10(16)17)15-11(13)14-8/h1-5H,(H,16,17)(H2,13,14,15).